The highest BCUT2D eigenvalue weighted by molar-refractivity contribution is 5.77. The Labute approximate surface area is 125 Å². The van der Waals surface area contributed by atoms with Crippen molar-refractivity contribution in [2.75, 3.05) is 13.2 Å². The average Bonchev–Trinajstić information content (AvgIpc) is 2.40. The van der Waals surface area contributed by atoms with Crippen molar-refractivity contribution in [3.05, 3.63) is 29.8 Å². The molecule has 116 valence electrons. The van der Waals surface area contributed by atoms with Crippen LogP contribution in [0.15, 0.2) is 24.3 Å². The highest BCUT2D eigenvalue weighted by Gasteiger charge is 2.13. The van der Waals surface area contributed by atoms with Gasteiger partial charge in [-0.2, -0.15) is 0 Å². The van der Waals surface area contributed by atoms with Crippen molar-refractivity contribution in [2.24, 2.45) is 0 Å². The van der Waals surface area contributed by atoms with Crippen molar-refractivity contribution in [2.45, 2.75) is 39.0 Å². The fraction of sp³-hybridized carbons (Fsp3) is 0.500. The van der Waals surface area contributed by atoms with Gasteiger partial charge in [-0.25, -0.2) is 0 Å². The van der Waals surface area contributed by atoms with Crippen molar-refractivity contribution < 1.29 is 19.4 Å². The van der Waals surface area contributed by atoms with Crippen LogP contribution in [0.5, 0.6) is 5.75 Å². The summed E-state index contributed by atoms with van der Waals surface area (Å²) in [6, 6.07) is 7.66. The van der Waals surface area contributed by atoms with E-state index in [0.717, 1.165) is 0 Å². The van der Waals surface area contributed by atoms with Crippen LogP contribution in [0.1, 0.15) is 39.2 Å². The molecule has 1 amide bonds. The van der Waals surface area contributed by atoms with E-state index in [9.17, 15) is 9.59 Å². The Hall–Kier alpha value is -2.04. The number of hydrogen-bond acceptors (Lipinski definition) is 3. The molecule has 0 spiro atoms. The molecule has 0 heterocycles. The summed E-state index contributed by atoms with van der Waals surface area (Å²) in [5, 5.41) is 11.1. The van der Waals surface area contributed by atoms with Crippen LogP contribution in [0.25, 0.3) is 0 Å². The molecule has 21 heavy (non-hydrogen) atoms. The molecule has 0 saturated carbocycles. The van der Waals surface area contributed by atoms with Crippen molar-refractivity contribution in [3.63, 3.8) is 0 Å². The molecule has 0 atom stereocenters. The molecular weight excluding hydrogens is 270 g/mol. The minimum atomic E-state index is -0.862. The molecule has 0 saturated heterocycles. The van der Waals surface area contributed by atoms with Crippen LogP contribution < -0.4 is 10.1 Å². The molecule has 0 aromatic heterocycles. The first-order valence-electron chi connectivity index (χ1n) is 7.01. The van der Waals surface area contributed by atoms with Crippen molar-refractivity contribution in [3.8, 4) is 5.75 Å². The lowest BCUT2D eigenvalue weighted by Gasteiger charge is -2.19. The zero-order valence-corrected chi connectivity index (χ0v) is 12.8. The number of nitrogens with one attached hydrogen (secondary N) is 1. The van der Waals surface area contributed by atoms with Gasteiger partial charge in [-0.05, 0) is 29.5 Å². The van der Waals surface area contributed by atoms with Crippen molar-refractivity contribution in [1.29, 1.82) is 0 Å². The summed E-state index contributed by atoms with van der Waals surface area (Å²) in [4.78, 5) is 21.8. The maximum absolute atomic E-state index is 11.5. The highest BCUT2D eigenvalue weighted by Crippen LogP contribution is 2.24. The summed E-state index contributed by atoms with van der Waals surface area (Å²) in [5.41, 5.74) is 1.29. The normalized spacial score (nSPS) is 11.0. The zero-order chi connectivity index (χ0) is 15.9. The first kappa shape index (κ1) is 17.0. The van der Waals surface area contributed by atoms with Crippen LogP contribution in [0.4, 0.5) is 0 Å². The van der Waals surface area contributed by atoms with Gasteiger partial charge < -0.3 is 15.2 Å². The van der Waals surface area contributed by atoms with Gasteiger partial charge in [-0.3, -0.25) is 9.59 Å². The monoisotopic (exact) mass is 293 g/mol. The van der Waals surface area contributed by atoms with Crippen LogP contribution in [-0.2, 0) is 15.0 Å². The topological polar surface area (TPSA) is 75.6 Å². The molecule has 0 radical (unpaired) electrons. The molecular formula is C16H23NO4. The predicted octanol–water partition coefficient (Wildman–Crippen LogP) is 2.34. The lowest BCUT2D eigenvalue weighted by Crippen LogP contribution is -2.29. The number of benzene rings is 1. The third-order valence-electron chi connectivity index (χ3n) is 2.98. The molecule has 0 aliphatic rings. The molecule has 1 rings (SSSR count). The second kappa shape index (κ2) is 7.67. The molecule has 2 N–H and O–H groups in total. The van der Waals surface area contributed by atoms with Crippen LogP contribution in [0.2, 0.25) is 0 Å². The molecule has 0 unspecified atom stereocenters. The standard InChI is InChI=1S/C16H23NO4/c1-16(2,3)12-6-8-13(9-7-12)21-11-14(18)17-10-4-5-15(19)20/h6-9H,4-5,10-11H2,1-3H3,(H,17,18)(H,19,20). The summed E-state index contributed by atoms with van der Waals surface area (Å²) in [6.45, 7) is 6.67. The number of ether oxygens (including phenoxy) is 1. The van der Waals surface area contributed by atoms with E-state index < -0.39 is 5.97 Å². The minimum absolute atomic E-state index is 0.0510. The van der Waals surface area contributed by atoms with E-state index in [-0.39, 0.29) is 24.3 Å². The number of amides is 1. The Balaban J connectivity index is 2.31. The van der Waals surface area contributed by atoms with Crippen molar-refractivity contribution >= 4 is 11.9 Å². The van der Waals surface area contributed by atoms with E-state index in [2.05, 4.69) is 26.1 Å². The van der Waals surface area contributed by atoms with E-state index in [1.807, 2.05) is 24.3 Å². The number of hydrogen-bond donors (Lipinski definition) is 2. The molecule has 0 aliphatic heterocycles. The molecule has 0 aliphatic carbocycles. The van der Waals surface area contributed by atoms with Gasteiger partial charge in [0.25, 0.3) is 5.91 Å². The second-order valence-corrected chi connectivity index (χ2v) is 5.91. The highest BCUT2D eigenvalue weighted by atomic mass is 16.5. The molecule has 1 aromatic rings. The quantitative estimate of drug-likeness (QED) is 0.757. The predicted molar refractivity (Wildman–Crippen MR) is 80.5 cm³/mol. The van der Waals surface area contributed by atoms with Gasteiger partial charge in [0.15, 0.2) is 6.61 Å². The lowest BCUT2D eigenvalue weighted by atomic mass is 9.87. The van der Waals surface area contributed by atoms with E-state index in [1.165, 1.54) is 5.56 Å². The summed E-state index contributed by atoms with van der Waals surface area (Å²) in [7, 11) is 0. The number of carboxylic acids is 1. The van der Waals surface area contributed by atoms with Crippen LogP contribution in [0, 0.1) is 0 Å². The fourth-order valence-corrected chi connectivity index (χ4v) is 1.72. The SMILES string of the molecule is CC(C)(C)c1ccc(OCC(=O)NCCCC(=O)O)cc1. The van der Waals surface area contributed by atoms with Gasteiger partial charge in [0.05, 0.1) is 0 Å². The van der Waals surface area contributed by atoms with Gasteiger partial charge >= 0.3 is 5.97 Å². The Kier molecular flexibility index (Phi) is 6.21. The van der Waals surface area contributed by atoms with E-state index in [0.29, 0.717) is 18.7 Å². The van der Waals surface area contributed by atoms with Gasteiger partial charge in [0, 0.05) is 13.0 Å². The smallest absolute Gasteiger partial charge is 0.303 e. The number of aliphatic carboxylic acids is 1. The Morgan fingerprint density at radius 1 is 1.19 bits per heavy atom. The summed E-state index contributed by atoms with van der Waals surface area (Å²) < 4.78 is 5.39. The molecule has 5 heteroatoms. The number of carboxylic acid groups (broad SMARTS) is 1. The summed E-state index contributed by atoms with van der Waals surface area (Å²) >= 11 is 0. The molecule has 1 aromatic carbocycles. The van der Waals surface area contributed by atoms with Gasteiger partial charge in [0.1, 0.15) is 5.75 Å². The second-order valence-electron chi connectivity index (χ2n) is 5.91. The first-order valence-corrected chi connectivity index (χ1v) is 7.01. The molecule has 0 fully saturated rings. The number of rotatable bonds is 7. The van der Waals surface area contributed by atoms with Crippen LogP contribution in [-0.4, -0.2) is 30.1 Å². The van der Waals surface area contributed by atoms with E-state index >= 15 is 0 Å². The third kappa shape index (κ3) is 6.79. The van der Waals surface area contributed by atoms with Gasteiger partial charge in [-0.15, -0.1) is 0 Å². The summed E-state index contributed by atoms with van der Waals surface area (Å²) in [6.07, 6.45) is 0.469. The van der Waals surface area contributed by atoms with Gasteiger partial charge in [0.2, 0.25) is 0 Å². The maximum atomic E-state index is 11.5. The third-order valence-corrected chi connectivity index (χ3v) is 2.98. The zero-order valence-electron chi connectivity index (χ0n) is 12.8. The fourth-order valence-electron chi connectivity index (χ4n) is 1.72. The van der Waals surface area contributed by atoms with Crippen LogP contribution >= 0.6 is 0 Å². The summed E-state index contributed by atoms with van der Waals surface area (Å²) in [5.74, 6) is -0.469. The van der Waals surface area contributed by atoms with Crippen LogP contribution in [0.3, 0.4) is 0 Å². The number of carbonyl (C=O) groups excluding carboxylic acids is 1. The average molecular weight is 293 g/mol. The molecule has 5 nitrogen and oxygen atoms in total. The number of carbonyl (C=O) groups is 2. The Bertz CT molecular complexity index is 474. The minimum Gasteiger partial charge on any atom is -0.484 e. The first-order chi connectivity index (χ1) is 9.79. The Morgan fingerprint density at radius 3 is 2.33 bits per heavy atom. The van der Waals surface area contributed by atoms with E-state index in [4.69, 9.17) is 9.84 Å². The van der Waals surface area contributed by atoms with Gasteiger partial charge in [-0.1, -0.05) is 32.9 Å². The Morgan fingerprint density at radius 2 is 1.81 bits per heavy atom. The largest absolute Gasteiger partial charge is 0.484 e. The maximum Gasteiger partial charge on any atom is 0.303 e. The van der Waals surface area contributed by atoms with E-state index in [1.54, 1.807) is 0 Å². The molecule has 0 bridgehead atoms. The lowest BCUT2D eigenvalue weighted by molar-refractivity contribution is -0.137. The van der Waals surface area contributed by atoms with Crippen molar-refractivity contribution in [1.82, 2.24) is 5.32 Å².